The van der Waals surface area contributed by atoms with E-state index in [4.69, 9.17) is 9.26 Å². The van der Waals surface area contributed by atoms with Crippen LogP contribution in [-0.4, -0.2) is 43.1 Å². The minimum absolute atomic E-state index is 0.191. The molecule has 1 aliphatic heterocycles. The predicted octanol–water partition coefficient (Wildman–Crippen LogP) is 3.32. The lowest BCUT2D eigenvalue weighted by atomic mass is 10.0. The molecule has 0 N–H and O–H groups in total. The van der Waals surface area contributed by atoms with Crippen molar-refractivity contribution in [3.8, 4) is 11.4 Å². The molecule has 8 nitrogen and oxygen atoms in total. The maximum Gasteiger partial charge on any atom is 0.237 e. The minimum atomic E-state index is 0.191. The fourth-order valence-electron chi connectivity index (χ4n) is 2.97. The molecular formula is C18H22N6O2S. The first-order chi connectivity index (χ1) is 13.2. The van der Waals surface area contributed by atoms with Gasteiger partial charge >= 0.3 is 0 Å². The number of aromatic nitrogens is 6. The van der Waals surface area contributed by atoms with E-state index in [1.165, 1.54) is 17.3 Å². The van der Waals surface area contributed by atoms with Crippen molar-refractivity contribution in [3.63, 3.8) is 0 Å². The number of hydrogen-bond donors (Lipinski definition) is 0. The summed E-state index contributed by atoms with van der Waals surface area (Å²) >= 11 is 1.48. The Labute approximate surface area is 161 Å². The van der Waals surface area contributed by atoms with Crippen LogP contribution in [0.2, 0.25) is 0 Å². The fourth-order valence-corrected chi connectivity index (χ4v) is 3.69. The van der Waals surface area contributed by atoms with E-state index >= 15 is 0 Å². The lowest BCUT2D eigenvalue weighted by Gasteiger charge is -2.09. The summed E-state index contributed by atoms with van der Waals surface area (Å²) in [5, 5.41) is 16.7. The summed E-state index contributed by atoms with van der Waals surface area (Å²) in [5.41, 5.74) is 2.23. The molecule has 2 aromatic heterocycles. The van der Waals surface area contributed by atoms with Crippen molar-refractivity contribution in [1.29, 1.82) is 0 Å². The summed E-state index contributed by atoms with van der Waals surface area (Å²) < 4.78 is 12.8. The van der Waals surface area contributed by atoms with Crippen molar-refractivity contribution in [3.05, 3.63) is 35.7 Å². The molecule has 142 valence electrons. The zero-order chi connectivity index (χ0) is 18.6. The van der Waals surface area contributed by atoms with Gasteiger partial charge in [0, 0.05) is 12.2 Å². The van der Waals surface area contributed by atoms with Gasteiger partial charge in [0.2, 0.25) is 16.9 Å². The normalized spacial score (nSPS) is 17.1. The van der Waals surface area contributed by atoms with Crippen LogP contribution in [0.3, 0.4) is 0 Å². The molecule has 0 aliphatic carbocycles. The van der Waals surface area contributed by atoms with Crippen molar-refractivity contribution in [2.45, 2.75) is 56.2 Å². The first-order valence-corrected chi connectivity index (χ1v) is 10.1. The third kappa shape index (κ3) is 4.36. The zero-order valence-electron chi connectivity index (χ0n) is 15.4. The van der Waals surface area contributed by atoms with Crippen LogP contribution in [0.15, 0.2) is 33.9 Å². The van der Waals surface area contributed by atoms with Crippen molar-refractivity contribution in [2.24, 2.45) is 0 Å². The molecule has 4 rings (SSSR count). The number of benzene rings is 1. The molecule has 27 heavy (non-hydrogen) atoms. The largest absolute Gasteiger partial charge is 0.376 e. The maximum absolute atomic E-state index is 5.65. The van der Waals surface area contributed by atoms with Gasteiger partial charge in [0.25, 0.3) is 0 Å². The molecule has 1 saturated heterocycles. The molecule has 0 bridgehead atoms. The Hall–Kier alpha value is -2.26. The second-order valence-corrected chi connectivity index (χ2v) is 7.80. The Morgan fingerprint density at radius 2 is 2.11 bits per heavy atom. The maximum atomic E-state index is 5.65. The van der Waals surface area contributed by atoms with Crippen molar-refractivity contribution in [1.82, 2.24) is 30.3 Å². The molecule has 1 aromatic carbocycles. The van der Waals surface area contributed by atoms with Gasteiger partial charge in [-0.1, -0.05) is 55.0 Å². The molecule has 1 atom stereocenters. The molecule has 1 aliphatic rings. The van der Waals surface area contributed by atoms with Gasteiger partial charge in [0.05, 0.1) is 18.4 Å². The Kier molecular flexibility index (Phi) is 5.49. The Morgan fingerprint density at radius 1 is 1.26 bits per heavy atom. The van der Waals surface area contributed by atoms with Gasteiger partial charge < -0.3 is 9.26 Å². The highest BCUT2D eigenvalue weighted by atomic mass is 32.2. The molecule has 1 unspecified atom stereocenters. The second-order valence-electron chi connectivity index (χ2n) is 6.86. The topological polar surface area (TPSA) is 91.8 Å². The molecule has 1 fully saturated rings. The Morgan fingerprint density at radius 3 is 2.85 bits per heavy atom. The van der Waals surface area contributed by atoms with Crippen molar-refractivity contribution in [2.75, 3.05) is 6.61 Å². The smallest absolute Gasteiger partial charge is 0.237 e. The van der Waals surface area contributed by atoms with Crippen LogP contribution in [0.4, 0.5) is 0 Å². The van der Waals surface area contributed by atoms with Crippen molar-refractivity contribution < 1.29 is 9.26 Å². The minimum Gasteiger partial charge on any atom is -0.376 e. The molecule has 3 heterocycles. The van der Waals surface area contributed by atoms with Gasteiger partial charge in [-0.2, -0.15) is 4.98 Å². The van der Waals surface area contributed by atoms with Crippen LogP contribution in [0.25, 0.3) is 11.4 Å². The third-order valence-corrected chi connectivity index (χ3v) is 5.47. The highest BCUT2D eigenvalue weighted by Crippen LogP contribution is 2.24. The van der Waals surface area contributed by atoms with Gasteiger partial charge in [0.1, 0.15) is 0 Å². The van der Waals surface area contributed by atoms with Crippen LogP contribution < -0.4 is 0 Å². The van der Waals surface area contributed by atoms with E-state index < -0.39 is 0 Å². The van der Waals surface area contributed by atoms with Crippen LogP contribution in [0.5, 0.6) is 0 Å². The quantitative estimate of drug-likeness (QED) is 0.571. The first kappa shape index (κ1) is 18.1. The van der Waals surface area contributed by atoms with Gasteiger partial charge in [-0.15, -0.1) is 5.10 Å². The lowest BCUT2D eigenvalue weighted by molar-refractivity contribution is 0.0912. The number of thioether (sulfide) groups is 1. The predicted molar refractivity (Wildman–Crippen MR) is 100 cm³/mol. The van der Waals surface area contributed by atoms with Crippen molar-refractivity contribution >= 4 is 11.8 Å². The molecule has 0 radical (unpaired) electrons. The second kappa shape index (κ2) is 8.18. The third-order valence-electron chi connectivity index (χ3n) is 4.53. The molecule has 9 heteroatoms. The number of hydrogen-bond acceptors (Lipinski definition) is 8. The van der Waals surface area contributed by atoms with E-state index in [1.807, 2.05) is 12.1 Å². The highest BCUT2D eigenvalue weighted by molar-refractivity contribution is 7.98. The number of nitrogens with zero attached hydrogens (tertiary/aromatic N) is 6. The average molecular weight is 386 g/mol. The average Bonchev–Trinajstić information content (AvgIpc) is 3.43. The summed E-state index contributed by atoms with van der Waals surface area (Å²) in [4.78, 5) is 4.49. The summed E-state index contributed by atoms with van der Waals surface area (Å²) in [6.07, 6.45) is 2.33. The standard InChI is InChI=1S/C18H22N6O2S/c1-12(2)13-5-7-14(8-6-13)17-19-16(26-21-17)11-27-18-20-22-23-24(18)10-15-4-3-9-25-15/h5-8,12,15H,3-4,9-11H2,1-2H3. The van der Waals surface area contributed by atoms with Gasteiger partial charge in [-0.05, 0) is 34.7 Å². The number of tetrazole rings is 1. The zero-order valence-corrected chi connectivity index (χ0v) is 16.2. The first-order valence-electron chi connectivity index (χ1n) is 9.12. The van der Waals surface area contributed by atoms with E-state index in [0.717, 1.165) is 30.2 Å². The molecule has 3 aromatic rings. The Bertz CT molecular complexity index is 870. The molecule has 0 saturated carbocycles. The van der Waals surface area contributed by atoms with E-state index in [-0.39, 0.29) is 6.10 Å². The Balaban J connectivity index is 1.38. The number of ether oxygens (including phenoxy) is 1. The molecular weight excluding hydrogens is 364 g/mol. The molecule has 0 amide bonds. The van der Waals surface area contributed by atoms with Gasteiger partial charge in [-0.25, -0.2) is 4.68 Å². The van der Waals surface area contributed by atoms with Crippen LogP contribution in [0, 0.1) is 0 Å². The van der Waals surface area contributed by atoms with Gasteiger partial charge in [0.15, 0.2) is 0 Å². The fraction of sp³-hybridized carbons (Fsp3) is 0.500. The van der Waals surface area contributed by atoms with Crippen LogP contribution in [-0.2, 0) is 17.0 Å². The van der Waals surface area contributed by atoms with E-state index in [0.29, 0.717) is 29.9 Å². The summed E-state index contributed by atoms with van der Waals surface area (Å²) in [6, 6.07) is 8.26. The van der Waals surface area contributed by atoms with E-state index in [2.05, 4.69) is 51.6 Å². The summed E-state index contributed by atoms with van der Waals surface area (Å²) in [7, 11) is 0. The SMILES string of the molecule is CC(C)c1ccc(-c2noc(CSc3nnnn3CC3CCCO3)n2)cc1. The van der Waals surface area contributed by atoms with Crippen LogP contribution in [0.1, 0.15) is 44.1 Å². The van der Waals surface area contributed by atoms with E-state index in [9.17, 15) is 0 Å². The van der Waals surface area contributed by atoms with E-state index in [1.54, 1.807) is 4.68 Å². The highest BCUT2D eigenvalue weighted by Gasteiger charge is 2.19. The van der Waals surface area contributed by atoms with Crippen LogP contribution >= 0.6 is 11.8 Å². The summed E-state index contributed by atoms with van der Waals surface area (Å²) in [5.74, 6) is 2.16. The summed E-state index contributed by atoms with van der Waals surface area (Å²) in [6.45, 7) is 5.83. The molecule has 0 spiro atoms. The number of rotatable bonds is 7. The van der Waals surface area contributed by atoms with Gasteiger partial charge in [-0.3, -0.25) is 0 Å². The lowest BCUT2D eigenvalue weighted by Crippen LogP contribution is -2.16. The monoisotopic (exact) mass is 386 g/mol.